The van der Waals surface area contributed by atoms with Gasteiger partial charge in [-0.3, -0.25) is 4.79 Å². The predicted octanol–water partition coefficient (Wildman–Crippen LogP) is -1.36. The molecule has 0 N–H and O–H groups in total. The first-order valence-electron chi connectivity index (χ1n) is 5.79. The van der Waals surface area contributed by atoms with Crippen LogP contribution in [0.15, 0.2) is 12.7 Å². The minimum atomic E-state index is -1.27. The topological polar surface area (TPSA) is 92.7 Å². The molecule has 0 spiro atoms. The van der Waals surface area contributed by atoms with Crippen molar-refractivity contribution in [3.05, 3.63) is 12.7 Å². The molecule has 6 heteroatoms. The monoisotopic (exact) mass is 251 g/mol. The molecule has 6 unspecified atom stereocenters. The maximum absolute atomic E-state index is 11.6. The number of fused-ring (bicyclic) bond motifs is 1. The molecular formula is C12H11O6-. The third-order valence-corrected chi connectivity index (χ3v) is 4.24. The van der Waals surface area contributed by atoms with Gasteiger partial charge in [0, 0.05) is 29.8 Å². The number of ether oxygens (including phenoxy) is 2. The summed E-state index contributed by atoms with van der Waals surface area (Å²) >= 11 is 0. The molecule has 3 aliphatic rings. The zero-order valence-corrected chi connectivity index (χ0v) is 9.41. The number of esters is 2. The Morgan fingerprint density at radius 3 is 2.78 bits per heavy atom. The average molecular weight is 251 g/mol. The Hall–Kier alpha value is -1.85. The Morgan fingerprint density at radius 2 is 2.17 bits per heavy atom. The van der Waals surface area contributed by atoms with Crippen LogP contribution in [-0.2, 0) is 23.9 Å². The highest BCUT2D eigenvalue weighted by Crippen LogP contribution is 2.58. The molecule has 1 aliphatic heterocycles. The lowest BCUT2D eigenvalue weighted by atomic mass is 9.78. The van der Waals surface area contributed by atoms with Crippen LogP contribution in [0.1, 0.15) is 6.42 Å². The highest BCUT2D eigenvalue weighted by atomic mass is 16.6. The molecule has 0 aromatic carbocycles. The van der Waals surface area contributed by atoms with Crippen LogP contribution in [-0.4, -0.2) is 30.1 Å². The summed E-state index contributed by atoms with van der Waals surface area (Å²) in [5.41, 5.74) is 0. The molecule has 1 heterocycles. The van der Waals surface area contributed by atoms with Crippen molar-refractivity contribution >= 4 is 17.9 Å². The summed E-state index contributed by atoms with van der Waals surface area (Å²) in [7, 11) is 0. The fourth-order valence-electron chi connectivity index (χ4n) is 3.65. The standard InChI is InChI=1S/C12H12O6/c1-2-6(13)17-9-4-3-5-8(7(4)11(14)15)12(16)18-10(5)9/h2,4-5,7-10H,1,3H2,(H,14,15)/p-1. The van der Waals surface area contributed by atoms with E-state index in [0.717, 1.165) is 6.08 Å². The second kappa shape index (κ2) is 3.57. The van der Waals surface area contributed by atoms with Gasteiger partial charge in [-0.2, -0.15) is 0 Å². The van der Waals surface area contributed by atoms with Gasteiger partial charge in [-0.15, -0.1) is 0 Å². The van der Waals surface area contributed by atoms with E-state index in [-0.39, 0.29) is 5.92 Å². The van der Waals surface area contributed by atoms with E-state index >= 15 is 0 Å². The summed E-state index contributed by atoms with van der Waals surface area (Å²) in [6, 6.07) is 0. The smallest absolute Gasteiger partial charge is 0.330 e. The van der Waals surface area contributed by atoms with Crippen molar-refractivity contribution in [1.29, 1.82) is 0 Å². The number of carboxylic acids is 1. The molecule has 0 aromatic rings. The number of carbonyl (C=O) groups is 3. The minimum Gasteiger partial charge on any atom is -0.550 e. The van der Waals surface area contributed by atoms with E-state index in [2.05, 4.69) is 6.58 Å². The molecule has 2 bridgehead atoms. The second-order valence-corrected chi connectivity index (χ2v) is 4.94. The maximum Gasteiger partial charge on any atom is 0.330 e. The first kappa shape index (κ1) is 11.3. The number of carbonyl (C=O) groups excluding carboxylic acids is 3. The lowest BCUT2D eigenvalue weighted by Gasteiger charge is -2.31. The van der Waals surface area contributed by atoms with Gasteiger partial charge in [-0.1, -0.05) is 6.58 Å². The van der Waals surface area contributed by atoms with Gasteiger partial charge in [0.05, 0.1) is 5.92 Å². The summed E-state index contributed by atoms with van der Waals surface area (Å²) in [5, 5.41) is 11.1. The van der Waals surface area contributed by atoms with E-state index in [1.807, 2.05) is 0 Å². The lowest BCUT2D eigenvalue weighted by molar-refractivity contribution is -0.315. The molecule has 0 amide bonds. The van der Waals surface area contributed by atoms with Crippen LogP contribution in [0.5, 0.6) is 0 Å². The molecule has 0 radical (unpaired) electrons. The van der Waals surface area contributed by atoms with Crippen molar-refractivity contribution in [1.82, 2.24) is 0 Å². The Balaban J connectivity index is 1.91. The van der Waals surface area contributed by atoms with Crippen molar-refractivity contribution in [2.24, 2.45) is 23.7 Å². The molecule has 0 aromatic heterocycles. The largest absolute Gasteiger partial charge is 0.550 e. The molecule has 1 saturated heterocycles. The second-order valence-electron chi connectivity index (χ2n) is 4.94. The van der Waals surface area contributed by atoms with E-state index in [1.165, 1.54) is 0 Å². The van der Waals surface area contributed by atoms with Crippen LogP contribution < -0.4 is 5.11 Å². The Labute approximate surface area is 103 Å². The van der Waals surface area contributed by atoms with Crippen molar-refractivity contribution in [3.63, 3.8) is 0 Å². The predicted molar refractivity (Wildman–Crippen MR) is 53.5 cm³/mol. The highest BCUT2D eigenvalue weighted by Gasteiger charge is 2.68. The molecule has 18 heavy (non-hydrogen) atoms. The van der Waals surface area contributed by atoms with Crippen molar-refractivity contribution in [2.45, 2.75) is 18.6 Å². The molecule has 2 saturated carbocycles. The average Bonchev–Trinajstić information content (AvgIpc) is 2.91. The first-order valence-corrected chi connectivity index (χ1v) is 5.79. The SMILES string of the molecule is C=CC(=O)OC1C2CC3C1OC(=O)C3C2C(=O)[O-]. The van der Waals surface area contributed by atoms with E-state index < -0.39 is 47.9 Å². The van der Waals surface area contributed by atoms with Gasteiger partial charge in [0.25, 0.3) is 0 Å². The molecular weight excluding hydrogens is 240 g/mol. The number of hydrogen-bond acceptors (Lipinski definition) is 6. The molecule has 6 atom stereocenters. The van der Waals surface area contributed by atoms with Gasteiger partial charge < -0.3 is 19.4 Å². The third kappa shape index (κ3) is 1.26. The number of hydrogen-bond donors (Lipinski definition) is 0. The van der Waals surface area contributed by atoms with Crippen LogP contribution in [0.3, 0.4) is 0 Å². The van der Waals surface area contributed by atoms with Crippen LogP contribution in [0.2, 0.25) is 0 Å². The summed E-state index contributed by atoms with van der Waals surface area (Å²) in [6.45, 7) is 3.28. The van der Waals surface area contributed by atoms with Crippen LogP contribution in [0.4, 0.5) is 0 Å². The summed E-state index contributed by atoms with van der Waals surface area (Å²) in [4.78, 5) is 34.0. The normalized spacial score (nSPS) is 43.7. The number of rotatable bonds is 3. The Kier molecular flexibility index (Phi) is 2.23. The minimum absolute atomic E-state index is 0.173. The Morgan fingerprint density at radius 1 is 1.44 bits per heavy atom. The Bertz CT molecular complexity index is 455. The van der Waals surface area contributed by atoms with Gasteiger partial charge in [0.2, 0.25) is 0 Å². The summed E-state index contributed by atoms with van der Waals surface area (Å²) in [6.07, 6.45) is 0.335. The fourth-order valence-corrected chi connectivity index (χ4v) is 3.65. The van der Waals surface area contributed by atoms with Crippen LogP contribution in [0, 0.1) is 23.7 Å². The van der Waals surface area contributed by atoms with E-state index in [9.17, 15) is 19.5 Å². The van der Waals surface area contributed by atoms with Gasteiger partial charge >= 0.3 is 11.9 Å². The van der Waals surface area contributed by atoms with Crippen molar-refractivity contribution in [2.75, 3.05) is 0 Å². The van der Waals surface area contributed by atoms with Crippen LogP contribution in [0.25, 0.3) is 0 Å². The molecule has 96 valence electrons. The first-order chi connectivity index (χ1) is 8.54. The molecule has 2 aliphatic carbocycles. The van der Waals surface area contributed by atoms with E-state index in [1.54, 1.807) is 0 Å². The zero-order valence-electron chi connectivity index (χ0n) is 9.41. The van der Waals surface area contributed by atoms with E-state index in [0.29, 0.717) is 6.42 Å². The van der Waals surface area contributed by atoms with Gasteiger partial charge in [-0.25, -0.2) is 4.79 Å². The highest BCUT2D eigenvalue weighted by molar-refractivity contribution is 5.85. The maximum atomic E-state index is 11.6. The van der Waals surface area contributed by atoms with Crippen molar-refractivity contribution < 1.29 is 29.0 Å². The van der Waals surface area contributed by atoms with Crippen LogP contribution >= 0.6 is 0 Å². The summed E-state index contributed by atoms with van der Waals surface area (Å²) < 4.78 is 10.3. The molecule has 3 rings (SSSR count). The van der Waals surface area contributed by atoms with Gasteiger partial charge in [-0.05, 0) is 6.42 Å². The van der Waals surface area contributed by atoms with Crippen molar-refractivity contribution in [3.8, 4) is 0 Å². The van der Waals surface area contributed by atoms with Gasteiger partial charge in [0.15, 0.2) is 0 Å². The molecule has 3 fully saturated rings. The lowest BCUT2D eigenvalue weighted by Crippen LogP contribution is -2.47. The summed E-state index contributed by atoms with van der Waals surface area (Å²) in [5.74, 6) is -4.54. The molecule has 6 nitrogen and oxygen atoms in total. The quantitative estimate of drug-likeness (QED) is 0.454. The van der Waals surface area contributed by atoms with E-state index in [4.69, 9.17) is 9.47 Å². The number of carboxylic acid groups (broad SMARTS) is 1. The number of aliphatic carboxylic acids is 1. The third-order valence-electron chi connectivity index (χ3n) is 4.24. The van der Waals surface area contributed by atoms with Gasteiger partial charge in [0.1, 0.15) is 12.2 Å². The fraction of sp³-hybridized carbons (Fsp3) is 0.583. The zero-order chi connectivity index (χ0) is 13.0.